The van der Waals surface area contributed by atoms with Crippen LogP contribution in [0.4, 0.5) is 0 Å². The first-order valence-electron chi connectivity index (χ1n) is 13.1. The monoisotopic (exact) mass is 474 g/mol. The molecule has 2 saturated heterocycles. The van der Waals surface area contributed by atoms with Gasteiger partial charge in [-0.3, -0.25) is 4.79 Å². The summed E-state index contributed by atoms with van der Waals surface area (Å²) in [5.74, 6) is 0.188. The fourth-order valence-corrected chi connectivity index (χ4v) is 9.58. The number of carbonyl (C=O) groups excluding carboxylic acids is 1. The quantitative estimate of drug-likeness (QED) is 0.343. The second kappa shape index (κ2) is 7.37. The number of rotatable bonds is 7. The van der Waals surface area contributed by atoms with Gasteiger partial charge in [-0.05, 0) is 55.8 Å². The van der Waals surface area contributed by atoms with Crippen LogP contribution in [0.5, 0.6) is 0 Å². The second-order valence-electron chi connectivity index (χ2n) is 12.3. The number of methoxy groups -OCH3 is 1. The van der Waals surface area contributed by atoms with Crippen molar-refractivity contribution in [2.75, 3.05) is 13.7 Å². The molecule has 4 unspecified atom stereocenters. The van der Waals surface area contributed by atoms with E-state index in [4.69, 9.17) is 18.9 Å². The molecule has 0 aromatic carbocycles. The normalized spacial score (nSPS) is 54.5. The van der Waals surface area contributed by atoms with E-state index in [2.05, 4.69) is 26.8 Å². The Morgan fingerprint density at radius 2 is 2.00 bits per heavy atom. The van der Waals surface area contributed by atoms with Gasteiger partial charge in [-0.25, -0.2) is 0 Å². The van der Waals surface area contributed by atoms with Crippen LogP contribution in [0.15, 0.2) is 11.6 Å². The maximum absolute atomic E-state index is 13.5. The number of fused-ring (bicyclic) bond motifs is 3. The number of carboxylic acids is 1. The van der Waals surface area contributed by atoms with Crippen LogP contribution >= 0.6 is 0 Å². The Labute approximate surface area is 201 Å². The zero-order valence-electron chi connectivity index (χ0n) is 20.9. The lowest BCUT2D eigenvalue weighted by Gasteiger charge is -2.58. The highest BCUT2D eigenvalue weighted by Gasteiger charge is 2.84. The van der Waals surface area contributed by atoms with E-state index in [-0.39, 0.29) is 48.8 Å². The van der Waals surface area contributed by atoms with Crippen molar-refractivity contribution in [3.8, 4) is 0 Å². The van der Waals surface area contributed by atoms with Crippen molar-refractivity contribution in [3.63, 3.8) is 0 Å². The topological polar surface area (TPSA) is 94.6 Å². The standard InChI is InChI=1S/C27H38O7/c1-13(2)19-8-16-9-25(11-28)18-7-6-14(3)17(18)10-26(16,27(19,25)24(29)30)12-32-23-22-21(34-22)20(31-5)15(4)33-23/h8,11,13-18,20-23H,6-7,9-10,12H2,1-5H3,(H,29,30)/t14-,15-,16?,17-,18-,20-,21+,22+,23+,25?,26?,27?/m1/s1. The zero-order chi connectivity index (χ0) is 24.2. The van der Waals surface area contributed by atoms with Gasteiger partial charge in [0.25, 0.3) is 0 Å². The van der Waals surface area contributed by atoms with Gasteiger partial charge in [0.1, 0.15) is 30.0 Å². The Balaban J connectivity index is 1.40. The van der Waals surface area contributed by atoms with Gasteiger partial charge in [-0.1, -0.05) is 38.8 Å². The Kier molecular flexibility index (Phi) is 5.02. The van der Waals surface area contributed by atoms with Gasteiger partial charge in [-0.15, -0.1) is 0 Å². The Hall–Kier alpha value is -1.28. The average molecular weight is 475 g/mol. The highest BCUT2D eigenvalue weighted by atomic mass is 16.7. The van der Waals surface area contributed by atoms with Gasteiger partial charge < -0.3 is 28.8 Å². The summed E-state index contributed by atoms with van der Waals surface area (Å²) in [7, 11) is 1.66. The van der Waals surface area contributed by atoms with Crippen molar-refractivity contribution in [2.24, 2.45) is 45.8 Å². The van der Waals surface area contributed by atoms with E-state index in [1.165, 1.54) is 0 Å². The molecule has 6 rings (SSSR count). The first-order valence-corrected chi connectivity index (χ1v) is 13.1. The molecule has 6 aliphatic rings. The Bertz CT molecular complexity index is 928. The number of ether oxygens (including phenoxy) is 4. The van der Waals surface area contributed by atoms with Crippen LogP contribution in [0.2, 0.25) is 0 Å². The number of carboxylic acid groups (broad SMARTS) is 1. The van der Waals surface area contributed by atoms with E-state index in [0.717, 1.165) is 31.1 Å². The smallest absolute Gasteiger partial charge is 0.315 e. The largest absolute Gasteiger partial charge is 0.481 e. The van der Waals surface area contributed by atoms with Gasteiger partial charge >= 0.3 is 5.97 Å². The summed E-state index contributed by atoms with van der Waals surface area (Å²) in [5, 5.41) is 11.0. The van der Waals surface area contributed by atoms with Crippen LogP contribution in [-0.2, 0) is 28.5 Å². The van der Waals surface area contributed by atoms with Crippen LogP contribution < -0.4 is 0 Å². The van der Waals surface area contributed by atoms with Crippen LogP contribution in [0.3, 0.4) is 0 Å². The minimum absolute atomic E-state index is 0.0210. The lowest BCUT2D eigenvalue weighted by molar-refractivity contribution is -0.237. The highest BCUT2D eigenvalue weighted by molar-refractivity contribution is 5.90. The third kappa shape index (κ3) is 2.47. The number of aliphatic carboxylic acids is 1. The SMILES string of the molecule is CO[C@H]1[C@@H]2O[C@@H]2[C@@H](OCC23C[C@@H]4[C@H](C)CC[C@H]4C4(C=O)CC2C=C(C(C)C)C34C(=O)O)O[C@@H]1C. The van der Waals surface area contributed by atoms with Crippen LogP contribution in [0.1, 0.15) is 53.4 Å². The molecule has 2 heterocycles. The predicted molar refractivity (Wildman–Crippen MR) is 122 cm³/mol. The van der Waals surface area contributed by atoms with Gasteiger partial charge in [0.15, 0.2) is 6.29 Å². The lowest BCUT2D eigenvalue weighted by atomic mass is 9.43. The van der Waals surface area contributed by atoms with Crippen LogP contribution in [0.25, 0.3) is 0 Å². The molecule has 0 amide bonds. The van der Waals surface area contributed by atoms with E-state index < -0.39 is 28.5 Å². The van der Waals surface area contributed by atoms with E-state index in [1.807, 2.05) is 6.92 Å². The highest BCUT2D eigenvalue weighted by Crippen LogP contribution is 2.82. The molecule has 4 bridgehead atoms. The minimum atomic E-state index is -1.22. The number of hydrogen-bond acceptors (Lipinski definition) is 6. The predicted octanol–water partition coefficient (Wildman–Crippen LogP) is 3.45. The molecule has 5 fully saturated rings. The average Bonchev–Trinajstić information content (AvgIpc) is 3.39. The van der Waals surface area contributed by atoms with Crippen LogP contribution in [0, 0.1) is 45.8 Å². The fourth-order valence-electron chi connectivity index (χ4n) is 9.58. The van der Waals surface area contributed by atoms with Crippen molar-refractivity contribution in [3.05, 3.63) is 11.6 Å². The molecule has 7 heteroatoms. The molecule has 188 valence electrons. The molecule has 3 saturated carbocycles. The molecule has 0 spiro atoms. The van der Waals surface area contributed by atoms with E-state index >= 15 is 0 Å². The number of epoxide rings is 1. The summed E-state index contributed by atoms with van der Waals surface area (Å²) in [6.45, 7) is 8.63. The van der Waals surface area contributed by atoms with Gasteiger partial charge in [-0.2, -0.15) is 0 Å². The molecular formula is C27H38O7. The fraction of sp³-hybridized carbons (Fsp3) is 0.852. The third-order valence-electron chi connectivity index (χ3n) is 10.9. The lowest BCUT2D eigenvalue weighted by Crippen LogP contribution is -2.63. The molecule has 1 N–H and O–H groups in total. The summed E-state index contributed by atoms with van der Waals surface area (Å²) in [4.78, 5) is 26.6. The summed E-state index contributed by atoms with van der Waals surface area (Å²) >= 11 is 0. The summed E-state index contributed by atoms with van der Waals surface area (Å²) in [5.41, 5.74) is -1.79. The second-order valence-corrected chi connectivity index (χ2v) is 12.3. The maximum atomic E-state index is 13.5. The number of carbonyl (C=O) groups is 2. The summed E-state index contributed by atoms with van der Waals surface area (Å²) in [6, 6.07) is 0. The molecule has 2 aliphatic heterocycles. The molecule has 0 radical (unpaired) electrons. The number of allylic oxidation sites excluding steroid dienone is 1. The van der Waals surface area contributed by atoms with Crippen molar-refractivity contribution in [1.29, 1.82) is 0 Å². The minimum Gasteiger partial charge on any atom is -0.481 e. The van der Waals surface area contributed by atoms with Crippen molar-refractivity contribution in [1.82, 2.24) is 0 Å². The molecule has 4 aliphatic carbocycles. The Morgan fingerprint density at radius 3 is 2.65 bits per heavy atom. The van der Waals surface area contributed by atoms with Gasteiger partial charge in [0.2, 0.25) is 0 Å². The van der Waals surface area contributed by atoms with Crippen molar-refractivity contribution in [2.45, 2.75) is 84.1 Å². The summed E-state index contributed by atoms with van der Waals surface area (Å²) < 4.78 is 24.0. The van der Waals surface area contributed by atoms with E-state index in [9.17, 15) is 14.7 Å². The first kappa shape index (κ1) is 23.1. The maximum Gasteiger partial charge on any atom is 0.315 e. The van der Waals surface area contributed by atoms with Gasteiger partial charge in [0, 0.05) is 12.5 Å². The van der Waals surface area contributed by atoms with Gasteiger partial charge in [0.05, 0.1) is 18.1 Å². The zero-order valence-corrected chi connectivity index (χ0v) is 20.9. The third-order valence-corrected chi connectivity index (χ3v) is 10.9. The molecule has 12 atom stereocenters. The van der Waals surface area contributed by atoms with Crippen LogP contribution in [-0.4, -0.2) is 61.8 Å². The number of aldehydes is 1. The summed E-state index contributed by atoms with van der Waals surface area (Å²) in [6.07, 6.45) is 5.59. The first-order chi connectivity index (χ1) is 16.2. The molecule has 7 nitrogen and oxygen atoms in total. The molecule has 0 aromatic heterocycles. The molecular weight excluding hydrogens is 436 g/mol. The number of hydrogen-bond donors (Lipinski definition) is 1. The van der Waals surface area contributed by atoms with Crippen molar-refractivity contribution < 1.29 is 33.6 Å². The Morgan fingerprint density at radius 1 is 1.24 bits per heavy atom. The van der Waals surface area contributed by atoms with E-state index in [1.54, 1.807) is 7.11 Å². The van der Waals surface area contributed by atoms with E-state index in [0.29, 0.717) is 18.3 Å². The van der Waals surface area contributed by atoms with Crippen molar-refractivity contribution >= 4 is 12.3 Å². The molecule has 0 aromatic rings. The molecule has 34 heavy (non-hydrogen) atoms.